The third kappa shape index (κ3) is 4.22. The Labute approximate surface area is 149 Å². The van der Waals surface area contributed by atoms with Gasteiger partial charge in [-0.05, 0) is 36.8 Å². The number of hydrogen-bond donors (Lipinski definition) is 2. The lowest BCUT2D eigenvalue weighted by Gasteiger charge is -2.19. The summed E-state index contributed by atoms with van der Waals surface area (Å²) in [7, 11) is 1.63. The molecule has 1 aromatic carbocycles. The number of fused-ring (bicyclic) bond motifs is 1. The number of anilines is 1. The fourth-order valence-corrected chi connectivity index (χ4v) is 3.58. The zero-order valence-electron chi connectivity index (χ0n) is 13.2. The van der Waals surface area contributed by atoms with Crippen LogP contribution in [0.5, 0.6) is 5.75 Å². The van der Waals surface area contributed by atoms with Crippen molar-refractivity contribution in [2.45, 2.75) is 18.9 Å². The van der Waals surface area contributed by atoms with Crippen LogP contribution in [0.1, 0.15) is 12.8 Å². The Hall–Kier alpha value is -1.17. The Morgan fingerprint density at radius 3 is 2.74 bits per heavy atom. The van der Waals surface area contributed by atoms with Crippen LogP contribution in [0.4, 0.5) is 5.69 Å². The van der Waals surface area contributed by atoms with Crippen LogP contribution >= 0.6 is 24.8 Å². The van der Waals surface area contributed by atoms with E-state index in [1.54, 1.807) is 7.11 Å². The zero-order valence-corrected chi connectivity index (χ0v) is 14.9. The number of carbonyl (C=O) groups excluding carboxylic acids is 1. The van der Waals surface area contributed by atoms with Crippen molar-refractivity contribution < 1.29 is 9.53 Å². The zero-order chi connectivity index (χ0) is 14.8. The molecule has 0 spiro atoms. The minimum absolute atomic E-state index is 0. The SMILES string of the molecule is COc1ccccc1NCC(=O)N1CC2CCC(N)C2C1.Cl.Cl. The molecule has 3 rings (SSSR count). The van der Waals surface area contributed by atoms with E-state index in [1.165, 1.54) is 0 Å². The van der Waals surface area contributed by atoms with Gasteiger partial charge in [-0.3, -0.25) is 4.79 Å². The van der Waals surface area contributed by atoms with Gasteiger partial charge in [-0.1, -0.05) is 12.1 Å². The molecule has 0 aromatic heterocycles. The number of nitrogens with zero attached hydrogens (tertiary/aromatic N) is 1. The van der Waals surface area contributed by atoms with Crippen molar-refractivity contribution in [3.8, 4) is 5.75 Å². The summed E-state index contributed by atoms with van der Waals surface area (Å²) in [6, 6.07) is 7.91. The first-order valence-electron chi connectivity index (χ1n) is 7.59. The van der Waals surface area contributed by atoms with Gasteiger partial charge in [-0.25, -0.2) is 0 Å². The van der Waals surface area contributed by atoms with Crippen molar-refractivity contribution in [1.29, 1.82) is 0 Å². The number of ether oxygens (including phenoxy) is 1. The molecule has 23 heavy (non-hydrogen) atoms. The molecular formula is C16H25Cl2N3O2. The molecule has 1 aliphatic carbocycles. The molecule has 1 saturated carbocycles. The van der Waals surface area contributed by atoms with Crippen LogP contribution in [-0.4, -0.2) is 43.6 Å². The van der Waals surface area contributed by atoms with E-state index in [1.807, 2.05) is 29.2 Å². The first kappa shape index (κ1) is 19.9. The van der Waals surface area contributed by atoms with E-state index in [2.05, 4.69) is 5.32 Å². The fraction of sp³-hybridized carbons (Fsp3) is 0.562. The van der Waals surface area contributed by atoms with E-state index in [9.17, 15) is 4.79 Å². The summed E-state index contributed by atoms with van der Waals surface area (Å²) in [6.07, 6.45) is 2.27. The number of rotatable bonds is 4. The number of benzene rings is 1. The quantitative estimate of drug-likeness (QED) is 0.861. The van der Waals surface area contributed by atoms with Crippen LogP contribution in [0, 0.1) is 11.8 Å². The largest absolute Gasteiger partial charge is 0.495 e. The number of nitrogens with two attached hydrogens (primary N) is 1. The van der Waals surface area contributed by atoms with Crippen LogP contribution in [0.2, 0.25) is 0 Å². The number of carbonyl (C=O) groups is 1. The smallest absolute Gasteiger partial charge is 0.241 e. The van der Waals surface area contributed by atoms with Crippen LogP contribution in [0.25, 0.3) is 0 Å². The summed E-state index contributed by atoms with van der Waals surface area (Å²) >= 11 is 0. The summed E-state index contributed by atoms with van der Waals surface area (Å²) in [5.41, 5.74) is 6.97. The Morgan fingerprint density at radius 1 is 1.30 bits per heavy atom. The van der Waals surface area contributed by atoms with Gasteiger partial charge in [0.25, 0.3) is 0 Å². The number of halogens is 2. The van der Waals surface area contributed by atoms with Gasteiger partial charge in [0.2, 0.25) is 5.91 Å². The second kappa shape index (κ2) is 8.62. The van der Waals surface area contributed by atoms with Gasteiger partial charge < -0.3 is 20.7 Å². The predicted octanol–water partition coefficient (Wildman–Crippen LogP) is 2.15. The molecular weight excluding hydrogens is 337 g/mol. The van der Waals surface area contributed by atoms with Crippen molar-refractivity contribution in [2.75, 3.05) is 32.1 Å². The van der Waals surface area contributed by atoms with Crippen LogP contribution in [0.15, 0.2) is 24.3 Å². The van der Waals surface area contributed by atoms with E-state index >= 15 is 0 Å². The summed E-state index contributed by atoms with van der Waals surface area (Å²) in [5, 5.41) is 3.17. The lowest BCUT2D eigenvalue weighted by molar-refractivity contribution is -0.128. The molecule has 1 heterocycles. The predicted molar refractivity (Wildman–Crippen MR) is 96.7 cm³/mol. The standard InChI is InChI=1S/C16H23N3O2.2ClH/c1-21-15-5-3-2-4-14(15)18-8-16(20)19-9-11-6-7-13(17)12(11)10-19;;/h2-5,11-13,18H,6-10,17H2,1H3;2*1H. The maximum atomic E-state index is 12.3. The van der Waals surface area contributed by atoms with E-state index in [0.29, 0.717) is 18.4 Å². The highest BCUT2D eigenvalue weighted by Gasteiger charge is 2.42. The summed E-state index contributed by atoms with van der Waals surface area (Å²) < 4.78 is 5.27. The summed E-state index contributed by atoms with van der Waals surface area (Å²) in [5.74, 6) is 2.00. The number of amides is 1. The highest BCUT2D eigenvalue weighted by molar-refractivity contribution is 5.85. The third-order valence-electron chi connectivity index (χ3n) is 4.80. The van der Waals surface area contributed by atoms with Crippen molar-refractivity contribution in [3.63, 3.8) is 0 Å². The molecule has 2 aliphatic rings. The second-order valence-electron chi connectivity index (χ2n) is 6.02. The molecule has 0 bridgehead atoms. The van der Waals surface area contributed by atoms with Crippen molar-refractivity contribution in [3.05, 3.63) is 24.3 Å². The monoisotopic (exact) mass is 361 g/mol. The minimum atomic E-state index is 0. The molecule has 2 fully saturated rings. The van der Waals surface area contributed by atoms with Crippen molar-refractivity contribution >= 4 is 36.4 Å². The summed E-state index contributed by atoms with van der Waals surface area (Å²) in [4.78, 5) is 14.3. The molecule has 1 aromatic rings. The second-order valence-corrected chi connectivity index (χ2v) is 6.02. The molecule has 1 aliphatic heterocycles. The third-order valence-corrected chi connectivity index (χ3v) is 4.80. The molecule has 3 N–H and O–H groups in total. The molecule has 0 radical (unpaired) electrons. The normalized spacial score (nSPS) is 25.1. The van der Waals surface area contributed by atoms with E-state index in [4.69, 9.17) is 10.5 Å². The highest BCUT2D eigenvalue weighted by atomic mass is 35.5. The first-order valence-corrected chi connectivity index (χ1v) is 7.59. The average Bonchev–Trinajstić information content (AvgIpc) is 3.07. The lowest BCUT2D eigenvalue weighted by Crippen LogP contribution is -2.36. The lowest BCUT2D eigenvalue weighted by atomic mass is 9.98. The van der Waals surface area contributed by atoms with Gasteiger partial charge in [0.05, 0.1) is 19.3 Å². The Kier molecular flexibility index (Phi) is 7.45. The van der Waals surface area contributed by atoms with Gasteiger partial charge >= 0.3 is 0 Å². The van der Waals surface area contributed by atoms with Crippen LogP contribution in [-0.2, 0) is 4.79 Å². The number of nitrogens with one attached hydrogen (secondary N) is 1. The van der Waals surface area contributed by atoms with Gasteiger partial charge in [0, 0.05) is 19.1 Å². The van der Waals surface area contributed by atoms with Gasteiger partial charge in [0.1, 0.15) is 5.75 Å². The molecule has 1 amide bonds. The molecule has 3 atom stereocenters. The van der Waals surface area contributed by atoms with Crippen molar-refractivity contribution in [1.82, 2.24) is 4.90 Å². The van der Waals surface area contributed by atoms with Gasteiger partial charge in [-0.15, -0.1) is 24.8 Å². The average molecular weight is 362 g/mol. The summed E-state index contributed by atoms with van der Waals surface area (Å²) in [6.45, 7) is 1.98. The molecule has 3 unspecified atom stereocenters. The van der Waals surface area contributed by atoms with E-state index in [0.717, 1.165) is 37.4 Å². The van der Waals surface area contributed by atoms with Crippen LogP contribution in [0.3, 0.4) is 0 Å². The molecule has 130 valence electrons. The molecule has 7 heteroatoms. The number of para-hydroxylation sites is 2. The van der Waals surface area contributed by atoms with Crippen LogP contribution < -0.4 is 15.8 Å². The maximum absolute atomic E-state index is 12.3. The first-order chi connectivity index (χ1) is 10.2. The Balaban J connectivity index is 0.00000132. The van der Waals surface area contributed by atoms with Gasteiger partial charge in [-0.2, -0.15) is 0 Å². The molecule has 5 nitrogen and oxygen atoms in total. The Bertz CT molecular complexity index is 530. The fourth-order valence-electron chi connectivity index (χ4n) is 3.58. The number of hydrogen-bond acceptors (Lipinski definition) is 4. The number of methoxy groups -OCH3 is 1. The van der Waals surface area contributed by atoms with Gasteiger partial charge in [0.15, 0.2) is 0 Å². The maximum Gasteiger partial charge on any atom is 0.241 e. The Morgan fingerprint density at radius 2 is 2.04 bits per heavy atom. The van der Waals surface area contributed by atoms with E-state index in [-0.39, 0.29) is 36.8 Å². The highest BCUT2D eigenvalue weighted by Crippen LogP contribution is 2.37. The topological polar surface area (TPSA) is 67.6 Å². The minimum Gasteiger partial charge on any atom is -0.495 e. The molecule has 1 saturated heterocycles. The number of likely N-dealkylation sites (tertiary alicyclic amines) is 1. The van der Waals surface area contributed by atoms with E-state index < -0.39 is 0 Å². The van der Waals surface area contributed by atoms with Crippen molar-refractivity contribution in [2.24, 2.45) is 17.6 Å².